The van der Waals surface area contributed by atoms with Gasteiger partial charge < -0.3 is 14.6 Å². The third kappa shape index (κ3) is 5.07. The Kier molecular flexibility index (Phi) is 6.70. The van der Waals surface area contributed by atoms with Crippen LogP contribution in [0.15, 0.2) is 53.6 Å². The fraction of sp³-hybridized carbons (Fsp3) is 0.357. The largest absolute Gasteiger partial charge is 0.491 e. The Bertz CT molecular complexity index is 1550. The fourth-order valence-electron chi connectivity index (χ4n) is 4.87. The Labute approximate surface area is 214 Å². The molecule has 1 saturated heterocycles. The van der Waals surface area contributed by atoms with Crippen LogP contribution < -0.4 is 4.74 Å². The predicted molar refractivity (Wildman–Crippen MR) is 144 cm³/mol. The summed E-state index contributed by atoms with van der Waals surface area (Å²) in [6.07, 6.45) is -1.60. The number of fused-ring (bicyclic) bond motifs is 3. The van der Waals surface area contributed by atoms with Gasteiger partial charge in [0.1, 0.15) is 11.4 Å². The van der Waals surface area contributed by atoms with Crippen LogP contribution in [0.2, 0.25) is 0 Å². The Morgan fingerprint density at radius 2 is 1.95 bits per heavy atom. The number of halogens is 3. The maximum Gasteiger partial charge on any atom is 0.417 e. The second-order valence-electron chi connectivity index (χ2n) is 9.79. The van der Waals surface area contributed by atoms with Gasteiger partial charge in [-0.1, -0.05) is 19.1 Å². The molecule has 0 radical (unpaired) electrons. The molecule has 5 rings (SSSR count). The predicted octanol–water partition coefficient (Wildman–Crippen LogP) is 6.22. The third-order valence-corrected chi connectivity index (χ3v) is 9.29. The van der Waals surface area contributed by atoms with Crippen molar-refractivity contribution >= 4 is 37.3 Å². The van der Waals surface area contributed by atoms with E-state index in [-0.39, 0.29) is 0 Å². The van der Waals surface area contributed by atoms with Crippen LogP contribution in [0.3, 0.4) is 0 Å². The molecule has 0 spiro atoms. The maximum absolute atomic E-state index is 13.6. The Morgan fingerprint density at radius 1 is 1.19 bits per heavy atom. The first-order valence-corrected chi connectivity index (χ1v) is 14.2. The minimum absolute atomic E-state index is 0.352. The molecule has 2 aromatic heterocycles. The lowest BCUT2D eigenvalue weighted by Gasteiger charge is -2.28. The summed E-state index contributed by atoms with van der Waals surface area (Å²) in [7, 11) is -0.362. The molecule has 9 heteroatoms. The van der Waals surface area contributed by atoms with Crippen molar-refractivity contribution in [3.63, 3.8) is 0 Å². The molecule has 196 valence electrons. The van der Waals surface area contributed by atoms with Gasteiger partial charge in [0.05, 0.1) is 17.7 Å². The molecule has 37 heavy (non-hydrogen) atoms. The molecule has 5 nitrogen and oxygen atoms in total. The lowest BCUT2D eigenvalue weighted by atomic mass is 9.98. The fourth-order valence-corrected chi connectivity index (χ4v) is 5.88. The minimum Gasteiger partial charge on any atom is -0.491 e. The summed E-state index contributed by atoms with van der Waals surface area (Å²) in [4.78, 5) is 10.2. The summed E-state index contributed by atoms with van der Waals surface area (Å²) in [6, 6.07) is 12.1. The second-order valence-corrected chi connectivity index (χ2v) is 12.5. The first-order valence-electron chi connectivity index (χ1n) is 12.3. The lowest BCUT2D eigenvalue weighted by molar-refractivity contribution is -0.137. The Hall–Kier alpha value is -3.04. The molecule has 4 aromatic rings. The maximum atomic E-state index is 13.6. The smallest absolute Gasteiger partial charge is 0.417 e. The highest BCUT2D eigenvalue weighted by molar-refractivity contribution is 8.00. The molecule has 1 aliphatic heterocycles. The van der Waals surface area contributed by atoms with Crippen LogP contribution in [0.1, 0.15) is 25.3 Å². The van der Waals surface area contributed by atoms with Crippen LogP contribution in [-0.2, 0) is 15.7 Å². The Balaban J connectivity index is 1.65. The zero-order valence-electron chi connectivity index (χ0n) is 20.9. The minimum atomic E-state index is -4.52. The van der Waals surface area contributed by atoms with Crippen molar-refractivity contribution in [2.45, 2.75) is 30.8 Å². The standard InChI is InChI=1S/C28H30F3N3O2S/c1-4-37(3,35)21-7-5-6-19(14-21)22-8-9-24(36-17-18-10-12-34(2)13-11-18)26-25(22)23-15-20(28(29,30)31)16-32-27(23)33-26/h5-9,14-16,18H,3-4,10-13,17H2,1-2H3,(H,32,33). The zero-order chi connectivity index (χ0) is 26.4. The second kappa shape index (κ2) is 9.68. The van der Waals surface area contributed by atoms with Gasteiger partial charge in [0, 0.05) is 27.6 Å². The summed E-state index contributed by atoms with van der Waals surface area (Å²) in [6.45, 7) is 4.39. The van der Waals surface area contributed by atoms with E-state index in [0.717, 1.165) is 43.8 Å². The first kappa shape index (κ1) is 25.6. The topological polar surface area (TPSA) is 58.2 Å². The van der Waals surface area contributed by atoms with Crippen LogP contribution in [-0.4, -0.2) is 57.4 Å². The molecule has 0 bridgehead atoms. The number of alkyl halides is 3. The number of hydrogen-bond acceptors (Lipinski definition) is 4. The number of rotatable bonds is 6. The van der Waals surface area contributed by atoms with Crippen molar-refractivity contribution in [2.24, 2.45) is 5.92 Å². The molecule has 0 aliphatic carbocycles. The van der Waals surface area contributed by atoms with Crippen molar-refractivity contribution in [1.29, 1.82) is 0 Å². The van der Waals surface area contributed by atoms with Crippen LogP contribution in [0.5, 0.6) is 5.75 Å². The Morgan fingerprint density at radius 3 is 2.65 bits per heavy atom. The van der Waals surface area contributed by atoms with Gasteiger partial charge in [0.15, 0.2) is 0 Å². The lowest BCUT2D eigenvalue weighted by Crippen LogP contribution is -2.32. The SMILES string of the molecule is C=S(=O)(CC)c1cccc(-c2ccc(OCC3CCN(C)CC3)c3[nH]c4ncc(C(F)(F)F)cc4c23)c1. The van der Waals surface area contributed by atoms with E-state index < -0.39 is 21.3 Å². The van der Waals surface area contributed by atoms with E-state index in [0.29, 0.717) is 56.4 Å². The van der Waals surface area contributed by atoms with Gasteiger partial charge in [-0.3, -0.25) is 4.21 Å². The molecule has 2 aromatic carbocycles. The van der Waals surface area contributed by atoms with Crippen LogP contribution in [0.4, 0.5) is 13.2 Å². The molecule has 1 unspecified atom stereocenters. The molecule has 0 amide bonds. The molecule has 3 heterocycles. The molecular weight excluding hydrogens is 499 g/mol. The van der Waals surface area contributed by atoms with E-state index >= 15 is 0 Å². The summed E-state index contributed by atoms with van der Waals surface area (Å²) in [5, 5.41) is 0.958. The van der Waals surface area contributed by atoms with Gasteiger partial charge >= 0.3 is 6.18 Å². The summed E-state index contributed by atoms with van der Waals surface area (Å²) >= 11 is 0. The van der Waals surface area contributed by atoms with E-state index in [4.69, 9.17) is 4.74 Å². The highest BCUT2D eigenvalue weighted by Crippen LogP contribution is 2.41. The quantitative estimate of drug-likeness (QED) is 0.302. The molecule has 1 fully saturated rings. The first-order chi connectivity index (χ1) is 17.6. The summed E-state index contributed by atoms with van der Waals surface area (Å²) < 4.78 is 60.0. The number of pyridine rings is 1. The van der Waals surface area contributed by atoms with Gasteiger partial charge in [-0.25, -0.2) is 4.98 Å². The number of nitrogens with one attached hydrogen (secondary N) is 1. The van der Waals surface area contributed by atoms with E-state index in [1.54, 1.807) is 12.1 Å². The van der Waals surface area contributed by atoms with Gasteiger partial charge in [0.25, 0.3) is 0 Å². The number of hydrogen-bond donors (Lipinski definition) is 1. The van der Waals surface area contributed by atoms with Crippen molar-refractivity contribution in [3.8, 4) is 16.9 Å². The molecular formula is C28H30F3N3O2S. The molecule has 1 N–H and O–H groups in total. The highest BCUT2D eigenvalue weighted by Gasteiger charge is 2.32. The van der Waals surface area contributed by atoms with Gasteiger partial charge in [-0.15, -0.1) is 0 Å². The van der Waals surface area contributed by atoms with Crippen molar-refractivity contribution in [2.75, 3.05) is 32.5 Å². The van der Waals surface area contributed by atoms with E-state index in [9.17, 15) is 17.4 Å². The number of aromatic amines is 1. The molecule has 1 aliphatic rings. The average molecular weight is 530 g/mol. The van der Waals surface area contributed by atoms with Crippen molar-refractivity contribution in [3.05, 3.63) is 54.2 Å². The van der Waals surface area contributed by atoms with Gasteiger partial charge in [0.2, 0.25) is 0 Å². The van der Waals surface area contributed by atoms with Crippen LogP contribution in [0.25, 0.3) is 33.1 Å². The van der Waals surface area contributed by atoms with Crippen LogP contribution >= 0.6 is 0 Å². The number of aromatic nitrogens is 2. The number of piperidine rings is 1. The number of likely N-dealkylation sites (tertiary alicyclic amines) is 1. The van der Waals surface area contributed by atoms with E-state index in [2.05, 4.69) is 27.8 Å². The third-order valence-electron chi connectivity index (χ3n) is 7.25. The van der Waals surface area contributed by atoms with E-state index in [1.807, 2.05) is 31.2 Å². The summed E-state index contributed by atoms with van der Waals surface area (Å²) in [5.74, 6) is 5.27. The number of nitrogens with zero attached hydrogens (tertiary/aromatic N) is 2. The van der Waals surface area contributed by atoms with E-state index in [1.165, 1.54) is 0 Å². The normalized spacial score (nSPS) is 17.3. The van der Waals surface area contributed by atoms with Crippen molar-refractivity contribution < 1.29 is 22.1 Å². The monoisotopic (exact) mass is 529 g/mol. The number of H-pyrrole nitrogens is 1. The highest BCUT2D eigenvalue weighted by atomic mass is 32.2. The number of ether oxygens (including phenoxy) is 1. The van der Waals surface area contributed by atoms with Crippen LogP contribution in [0, 0.1) is 5.92 Å². The number of benzene rings is 2. The average Bonchev–Trinajstić information content (AvgIpc) is 3.27. The molecule has 0 saturated carbocycles. The van der Waals surface area contributed by atoms with Gasteiger partial charge in [-0.05, 0) is 95.7 Å². The molecule has 1 atom stereocenters. The zero-order valence-corrected chi connectivity index (χ0v) is 21.7. The summed E-state index contributed by atoms with van der Waals surface area (Å²) in [5.41, 5.74) is 1.59. The van der Waals surface area contributed by atoms with Crippen molar-refractivity contribution in [1.82, 2.24) is 14.9 Å². The van der Waals surface area contributed by atoms with Gasteiger partial charge in [-0.2, -0.15) is 13.2 Å².